The van der Waals surface area contributed by atoms with Gasteiger partial charge in [0.1, 0.15) is 17.3 Å². The minimum Gasteiger partial charge on any atom is -0.507 e. The summed E-state index contributed by atoms with van der Waals surface area (Å²) in [5, 5.41) is 13.6. The molecule has 7 nitrogen and oxygen atoms in total. The molecule has 1 aliphatic rings. The maximum absolute atomic E-state index is 12.1. The third kappa shape index (κ3) is 5.26. The lowest BCUT2D eigenvalue weighted by molar-refractivity contribution is -0.116. The van der Waals surface area contributed by atoms with Crippen LogP contribution in [-0.4, -0.2) is 42.2 Å². The summed E-state index contributed by atoms with van der Waals surface area (Å²) in [6, 6.07) is 17.0. The van der Waals surface area contributed by atoms with Gasteiger partial charge in [0.15, 0.2) is 0 Å². The van der Waals surface area contributed by atoms with Crippen molar-refractivity contribution in [3.05, 3.63) is 54.6 Å². The molecule has 3 aromatic rings. The molecule has 1 atom stereocenters. The number of nitrogens with one attached hydrogen (secondary N) is 1. The van der Waals surface area contributed by atoms with Crippen molar-refractivity contribution in [1.82, 2.24) is 4.98 Å². The molecule has 0 aliphatic carbocycles. The minimum absolute atomic E-state index is 0.0565. The first-order valence-corrected chi connectivity index (χ1v) is 11.3. The summed E-state index contributed by atoms with van der Waals surface area (Å²) in [5.74, 6) is 1.61. The van der Waals surface area contributed by atoms with E-state index in [-0.39, 0.29) is 17.7 Å². The number of ether oxygens (including phenoxy) is 1. The molecule has 1 fully saturated rings. The van der Waals surface area contributed by atoms with E-state index < -0.39 is 0 Å². The standard InChI is InChI=1S/C26H30N4O3/c1-3-5-26(32)28-20-8-9-24(31)22(15-20)23-13-18(17-6-4-7-21(12-17)33-2)14-25(29-23)30-11-10-19(27)16-30/h4,6-9,12-15,19,31H,3,5,10-11,16,27H2,1-2H3,(H,28,32). The zero-order valence-corrected chi connectivity index (χ0v) is 19.0. The number of amides is 1. The topological polar surface area (TPSA) is 101 Å². The number of hydrogen-bond donors (Lipinski definition) is 3. The van der Waals surface area contributed by atoms with E-state index >= 15 is 0 Å². The van der Waals surface area contributed by atoms with E-state index in [1.807, 2.05) is 43.3 Å². The quantitative estimate of drug-likeness (QED) is 0.465. The number of carbonyl (C=O) groups excluding carboxylic acids is 1. The molecule has 1 unspecified atom stereocenters. The van der Waals surface area contributed by atoms with Crippen molar-refractivity contribution in [2.45, 2.75) is 32.2 Å². The Morgan fingerprint density at radius 2 is 2.06 bits per heavy atom. The van der Waals surface area contributed by atoms with Crippen LogP contribution in [0.2, 0.25) is 0 Å². The molecule has 4 rings (SSSR count). The van der Waals surface area contributed by atoms with Crippen molar-refractivity contribution in [2.75, 3.05) is 30.4 Å². The van der Waals surface area contributed by atoms with Gasteiger partial charge in [-0.15, -0.1) is 0 Å². The number of aromatic hydroxyl groups is 1. The number of pyridine rings is 1. The van der Waals surface area contributed by atoms with Gasteiger partial charge in [-0.05, 0) is 66.4 Å². The Morgan fingerprint density at radius 3 is 2.79 bits per heavy atom. The first-order valence-electron chi connectivity index (χ1n) is 11.3. The molecule has 0 bridgehead atoms. The van der Waals surface area contributed by atoms with Crippen LogP contribution in [0.1, 0.15) is 26.2 Å². The Labute approximate surface area is 194 Å². The maximum atomic E-state index is 12.1. The third-order valence-corrected chi connectivity index (χ3v) is 5.80. The number of rotatable bonds is 7. The van der Waals surface area contributed by atoms with Crippen LogP contribution in [0.3, 0.4) is 0 Å². The predicted molar refractivity (Wildman–Crippen MR) is 132 cm³/mol. The first-order chi connectivity index (χ1) is 16.0. The SMILES string of the molecule is CCCC(=O)Nc1ccc(O)c(-c2cc(-c3cccc(OC)c3)cc(N3CCC(N)C3)n2)c1. The van der Waals surface area contributed by atoms with E-state index in [0.29, 0.717) is 23.4 Å². The number of hydrogen-bond acceptors (Lipinski definition) is 6. The molecule has 0 radical (unpaired) electrons. The Kier molecular flexibility index (Phi) is 6.79. The molecule has 33 heavy (non-hydrogen) atoms. The monoisotopic (exact) mass is 446 g/mol. The second kappa shape index (κ2) is 9.92. The van der Waals surface area contributed by atoms with Gasteiger partial charge in [-0.2, -0.15) is 0 Å². The van der Waals surface area contributed by atoms with Crippen LogP contribution in [0, 0.1) is 0 Å². The van der Waals surface area contributed by atoms with Gasteiger partial charge in [0.2, 0.25) is 5.91 Å². The molecule has 2 aromatic carbocycles. The highest BCUT2D eigenvalue weighted by molar-refractivity contribution is 5.92. The van der Waals surface area contributed by atoms with Crippen molar-refractivity contribution < 1.29 is 14.6 Å². The van der Waals surface area contributed by atoms with Crippen LogP contribution in [0.5, 0.6) is 11.5 Å². The van der Waals surface area contributed by atoms with E-state index in [0.717, 1.165) is 48.6 Å². The maximum Gasteiger partial charge on any atom is 0.224 e. The van der Waals surface area contributed by atoms with E-state index in [9.17, 15) is 9.90 Å². The molecule has 0 spiro atoms. The number of phenols is 1. The first kappa shape index (κ1) is 22.6. The number of carbonyl (C=O) groups is 1. The van der Waals surface area contributed by atoms with Crippen LogP contribution >= 0.6 is 0 Å². The zero-order chi connectivity index (χ0) is 23.4. The lowest BCUT2D eigenvalue weighted by atomic mass is 10.0. The van der Waals surface area contributed by atoms with Crippen LogP contribution in [0.4, 0.5) is 11.5 Å². The Morgan fingerprint density at radius 1 is 1.21 bits per heavy atom. The van der Waals surface area contributed by atoms with Gasteiger partial charge in [0.25, 0.3) is 0 Å². The second-order valence-electron chi connectivity index (χ2n) is 8.36. The highest BCUT2D eigenvalue weighted by atomic mass is 16.5. The Balaban J connectivity index is 1.79. The number of benzene rings is 2. The second-order valence-corrected chi connectivity index (χ2v) is 8.36. The minimum atomic E-state index is -0.0565. The van der Waals surface area contributed by atoms with Crippen molar-refractivity contribution >= 4 is 17.4 Å². The largest absolute Gasteiger partial charge is 0.507 e. The van der Waals surface area contributed by atoms with Gasteiger partial charge in [0, 0.05) is 36.8 Å². The van der Waals surface area contributed by atoms with Gasteiger partial charge in [-0.1, -0.05) is 19.1 Å². The smallest absolute Gasteiger partial charge is 0.224 e. The molecule has 1 amide bonds. The fourth-order valence-corrected chi connectivity index (χ4v) is 4.05. The lowest BCUT2D eigenvalue weighted by Crippen LogP contribution is -2.27. The summed E-state index contributed by atoms with van der Waals surface area (Å²) in [6.45, 7) is 3.52. The van der Waals surface area contributed by atoms with E-state index in [4.69, 9.17) is 15.5 Å². The summed E-state index contributed by atoms with van der Waals surface area (Å²) in [4.78, 5) is 19.1. The number of phenolic OH excluding ortho intramolecular Hbond substituents is 1. The predicted octanol–water partition coefficient (Wildman–Crippen LogP) is 4.41. The molecular weight excluding hydrogens is 416 g/mol. The summed E-state index contributed by atoms with van der Waals surface area (Å²) in [5.41, 5.74) is 9.88. The van der Waals surface area contributed by atoms with Gasteiger partial charge in [0.05, 0.1) is 12.8 Å². The summed E-state index contributed by atoms with van der Waals surface area (Å²) < 4.78 is 5.40. The number of methoxy groups -OCH3 is 1. The van der Waals surface area contributed by atoms with Crippen LogP contribution in [-0.2, 0) is 4.79 Å². The molecular formula is C26H30N4O3. The summed E-state index contributed by atoms with van der Waals surface area (Å²) >= 11 is 0. The summed E-state index contributed by atoms with van der Waals surface area (Å²) in [6.07, 6.45) is 2.12. The molecule has 7 heteroatoms. The fraction of sp³-hybridized carbons (Fsp3) is 0.308. The number of aromatic nitrogens is 1. The molecule has 2 heterocycles. The molecule has 0 saturated carbocycles. The van der Waals surface area contributed by atoms with E-state index in [1.54, 1.807) is 25.3 Å². The fourth-order valence-electron chi connectivity index (χ4n) is 4.05. The molecule has 4 N–H and O–H groups in total. The van der Waals surface area contributed by atoms with Gasteiger partial charge in [-0.25, -0.2) is 4.98 Å². The van der Waals surface area contributed by atoms with Crippen molar-refractivity contribution in [1.29, 1.82) is 0 Å². The molecule has 1 aliphatic heterocycles. The number of nitrogens with two attached hydrogens (primary N) is 1. The average Bonchev–Trinajstić information content (AvgIpc) is 3.26. The van der Waals surface area contributed by atoms with Crippen molar-refractivity contribution in [3.63, 3.8) is 0 Å². The van der Waals surface area contributed by atoms with Gasteiger partial charge < -0.3 is 25.8 Å². The van der Waals surface area contributed by atoms with E-state index in [1.165, 1.54) is 0 Å². The van der Waals surface area contributed by atoms with E-state index in [2.05, 4.69) is 10.2 Å². The number of anilines is 2. The van der Waals surface area contributed by atoms with Gasteiger partial charge in [-0.3, -0.25) is 4.79 Å². The Bertz CT molecular complexity index is 1150. The highest BCUT2D eigenvalue weighted by Crippen LogP contribution is 2.36. The average molecular weight is 447 g/mol. The van der Waals surface area contributed by atoms with Gasteiger partial charge >= 0.3 is 0 Å². The normalized spacial score (nSPS) is 15.5. The third-order valence-electron chi connectivity index (χ3n) is 5.80. The zero-order valence-electron chi connectivity index (χ0n) is 19.0. The van der Waals surface area contributed by atoms with Crippen molar-refractivity contribution in [2.24, 2.45) is 5.73 Å². The highest BCUT2D eigenvalue weighted by Gasteiger charge is 2.22. The van der Waals surface area contributed by atoms with Crippen molar-refractivity contribution in [3.8, 4) is 33.9 Å². The summed E-state index contributed by atoms with van der Waals surface area (Å²) in [7, 11) is 1.64. The molecule has 1 aromatic heterocycles. The number of nitrogens with zero attached hydrogens (tertiary/aromatic N) is 2. The van der Waals surface area contributed by atoms with Crippen LogP contribution < -0.4 is 20.7 Å². The Hall–Kier alpha value is -3.58. The lowest BCUT2D eigenvalue weighted by Gasteiger charge is -2.20. The molecule has 172 valence electrons. The van der Waals surface area contributed by atoms with Crippen LogP contribution in [0.15, 0.2) is 54.6 Å². The van der Waals surface area contributed by atoms with Crippen LogP contribution in [0.25, 0.3) is 22.4 Å². The molecule has 1 saturated heterocycles.